The summed E-state index contributed by atoms with van der Waals surface area (Å²) in [5.74, 6) is -0.132. The van der Waals surface area contributed by atoms with Crippen LogP contribution in [0.5, 0.6) is 0 Å². The van der Waals surface area contributed by atoms with Crippen LogP contribution in [-0.2, 0) is 10.4 Å². The van der Waals surface area contributed by atoms with Crippen LogP contribution in [0.2, 0.25) is 0 Å². The van der Waals surface area contributed by atoms with Crippen molar-refractivity contribution in [3.63, 3.8) is 0 Å². The number of rotatable bonds is 0. The molecule has 0 spiro atoms. The number of nitrogens with zero attached hydrogens (tertiary/aromatic N) is 1. The van der Waals surface area contributed by atoms with Gasteiger partial charge in [-0.3, -0.25) is 9.69 Å². The van der Waals surface area contributed by atoms with E-state index >= 15 is 0 Å². The smallest absolute Gasteiger partial charge is 0.228 e. The lowest BCUT2D eigenvalue weighted by Crippen LogP contribution is -2.42. The number of aliphatic hydroxyl groups is 1. The lowest BCUT2D eigenvalue weighted by molar-refractivity contribution is -0.116. The Morgan fingerprint density at radius 2 is 1.89 bits per heavy atom. The highest BCUT2D eigenvalue weighted by molar-refractivity contribution is 5.98. The summed E-state index contributed by atoms with van der Waals surface area (Å²) >= 11 is 0. The van der Waals surface area contributed by atoms with Crippen LogP contribution in [0, 0.1) is 5.41 Å². The highest BCUT2D eigenvalue weighted by atomic mass is 16.3. The molecule has 1 N–H and O–H groups in total. The van der Waals surface area contributed by atoms with Crippen LogP contribution >= 0.6 is 0 Å². The standard InChI is InChI=1S/C15H19NO2/c1-10-15(18,14(3,4)5)12-8-6-7-9-13(12)16(10)11(2)17/h6-9,18H,1H2,2-5H3. The Balaban J connectivity index is 2.74. The van der Waals surface area contributed by atoms with Crippen LogP contribution in [0.1, 0.15) is 33.3 Å². The fraction of sp³-hybridized carbons (Fsp3) is 0.400. The molecular weight excluding hydrogens is 226 g/mol. The molecule has 0 radical (unpaired) electrons. The van der Waals surface area contributed by atoms with Crippen molar-refractivity contribution in [1.29, 1.82) is 0 Å². The maximum atomic E-state index is 11.8. The molecule has 1 aliphatic heterocycles. The molecule has 1 aromatic rings. The molecule has 1 aliphatic rings. The van der Waals surface area contributed by atoms with Gasteiger partial charge in [-0.25, -0.2) is 0 Å². The lowest BCUT2D eigenvalue weighted by Gasteiger charge is -2.38. The van der Waals surface area contributed by atoms with E-state index in [4.69, 9.17) is 0 Å². The van der Waals surface area contributed by atoms with Gasteiger partial charge in [-0.15, -0.1) is 0 Å². The first-order valence-electron chi connectivity index (χ1n) is 6.03. The van der Waals surface area contributed by atoms with Crippen LogP contribution in [-0.4, -0.2) is 11.0 Å². The van der Waals surface area contributed by atoms with E-state index < -0.39 is 11.0 Å². The summed E-state index contributed by atoms with van der Waals surface area (Å²) in [6, 6.07) is 7.42. The summed E-state index contributed by atoms with van der Waals surface area (Å²) in [4.78, 5) is 13.3. The van der Waals surface area contributed by atoms with Crippen molar-refractivity contribution < 1.29 is 9.90 Å². The van der Waals surface area contributed by atoms with Crippen LogP contribution < -0.4 is 4.90 Å². The lowest BCUT2D eigenvalue weighted by atomic mass is 9.72. The number of carbonyl (C=O) groups is 1. The predicted molar refractivity (Wildman–Crippen MR) is 72.1 cm³/mol. The molecule has 0 bridgehead atoms. The van der Waals surface area contributed by atoms with Crippen molar-refractivity contribution >= 4 is 11.6 Å². The average molecular weight is 245 g/mol. The maximum absolute atomic E-state index is 11.8. The number of hydrogen-bond donors (Lipinski definition) is 1. The molecule has 1 aromatic carbocycles. The van der Waals surface area contributed by atoms with Gasteiger partial charge in [0.15, 0.2) is 0 Å². The van der Waals surface area contributed by atoms with Gasteiger partial charge in [0.2, 0.25) is 5.91 Å². The summed E-state index contributed by atoms with van der Waals surface area (Å²) in [5, 5.41) is 11.1. The van der Waals surface area contributed by atoms with Gasteiger partial charge in [-0.05, 0) is 6.07 Å². The van der Waals surface area contributed by atoms with Crippen molar-refractivity contribution in [1.82, 2.24) is 0 Å². The Hall–Kier alpha value is -1.61. The van der Waals surface area contributed by atoms with Gasteiger partial charge in [0.1, 0.15) is 5.60 Å². The second-order valence-electron chi connectivity index (χ2n) is 5.78. The van der Waals surface area contributed by atoms with E-state index in [0.29, 0.717) is 5.70 Å². The second-order valence-corrected chi connectivity index (χ2v) is 5.78. The van der Waals surface area contributed by atoms with E-state index in [9.17, 15) is 9.90 Å². The van der Waals surface area contributed by atoms with Crippen molar-refractivity contribution in [2.75, 3.05) is 4.90 Å². The minimum atomic E-state index is -1.21. The Morgan fingerprint density at radius 3 is 2.39 bits per heavy atom. The van der Waals surface area contributed by atoms with E-state index in [1.54, 1.807) is 0 Å². The van der Waals surface area contributed by atoms with Gasteiger partial charge >= 0.3 is 0 Å². The molecule has 0 saturated heterocycles. The number of hydrogen-bond acceptors (Lipinski definition) is 2. The fourth-order valence-electron chi connectivity index (χ4n) is 2.63. The Kier molecular flexibility index (Phi) is 2.63. The third-order valence-corrected chi connectivity index (χ3v) is 3.62. The van der Waals surface area contributed by atoms with Gasteiger partial charge in [-0.2, -0.15) is 0 Å². The minimum Gasteiger partial charge on any atom is -0.378 e. The monoisotopic (exact) mass is 245 g/mol. The maximum Gasteiger partial charge on any atom is 0.228 e. The minimum absolute atomic E-state index is 0.132. The van der Waals surface area contributed by atoms with Crippen molar-refractivity contribution in [2.24, 2.45) is 5.41 Å². The van der Waals surface area contributed by atoms with Gasteiger partial charge < -0.3 is 5.11 Å². The molecule has 3 heteroatoms. The fourth-order valence-corrected chi connectivity index (χ4v) is 2.63. The van der Waals surface area contributed by atoms with Gasteiger partial charge in [0, 0.05) is 17.9 Å². The van der Waals surface area contributed by atoms with E-state index in [-0.39, 0.29) is 5.91 Å². The summed E-state index contributed by atoms with van der Waals surface area (Å²) in [6.45, 7) is 11.3. The van der Waals surface area contributed by atoms with Gasteiger partial charge in [0.25, 0.3) is 0 Å². The second kappa shape index (κ2) is 3.69. The molecule has 0 fully saturated rings. The zero-order valence-corrected chi connectivity index (χ0v) is 11.3. The summed E-state index contributed by atoms with van der Waals surface area (Å²) < 4.78 is 0. The first-order valence-corrected chi connectivity index (χ1v) is 6.03. The number of anilines is 1. The quantitative estimate of drug-likeness (QED) is 0.763. The van der Waals surface area contributed by atoms with Crippen LogP contribution in [0.15, 0.2) is 36.5 Å². The van der Waals surface area contributed by atoms with Crippen LogP contribution in [0.3, 0.4) is 0 Å². The molecule has 1 unspecified atom stereocenters. The Morgan fingerprint density at radius 1 is 1.33 bits per heavy atom. The SMILES string of the molecule is C=C1N(C(C)=O)c2ccccc2C1(O)C(C)(C)C. The highest BCUT2D eigenvalue weighted by Gasteiger charge is 2.53. The zero-order valence-electron chi connectivity index (χ0n) is 11.3. The van der Waals surface area contributed by atoms with Crippen LogP contribution in [0.4, 0.5) is 5.69 Å². The van der Waals surface area contributed by atoms with Gasteiger partial charge in [-0.1, -0.05) is 45.5 Å². The van der Waals surface area contributed by atoms with Crippen LogP contribution in [0.25, 0.3) is 0 Å². The molecule has 1 atom stereocenters. The molecular formula is C15H19NO2. The summed E-state index contributed by atoms with van der Waals surface area (Å²) in [6.07, 6.45) is 0. The summed E-state index contributed by atoms with van der Waals surface area (Å²) in [7, 11) is 0. The van der Waals surface area contributed by atoms with E-state index in [2.05, 4.69) is 6.58 Å². The molecule has 1 heterocycles. The first kappa shape index (κ1) is 12.8. The highest BCUT2D eigenvalue weighted by Crippen LogP contribution is 2.54. The molecule has 18 heavy (non-hydrogen) atoms. The average Bonchev–Trinajstić information content (AvgIpc) is 2.49. The normalized spacial score (nSPS) is 23.2. The third kappa shape index (κ3) is 1.44. The largest absolute Gasteiger partial charge is 0.378 e. The zero-order chi connectivity index (χ0) is 13.7. The van der Waals surface area contributed by atoms with E-state index in [1.807, 2.05) is 45.0 Å². The van der Waals surface area contributed by atoms with E-state index in [1.165, 1.54) is 11.8 Å². The first-order chi connectivity index (χ1) is 8.21. The number of carbonyl (C=O) groups excluding carboxylic acids is 1. The Labute approximate surface area is 108 Å². The molecule has 96 valence electrons. The molecule has 3 nitrogen and oxygen atoms in total. The number of para-hydroxylation sites is 1. The van der Waals surface area contributed by atoms with Gasteiger partial charge in [0.05, 0.1) is 11.4 Å². The third-order valence-electron chi connectivity index (χ3n) is 3.62. The molecule has 2 rings (SSSR count). The molecule has 0 aliphatic carbocycles. The number of amides is 1. The molecule has 0 aromatic heterocycles. The molecule has 1 amide bonds. The van der Waals surface area contributed by atoms with E-state index in [0.717, 1.165) is 11.3 Å². The van der Waals surface area contributed by atoms with Crippen molar-refractivity contribution in [3.05, 3.63) is 42.1 Å². The predicted octanol–water partition coefficient (Wildman–Crippen LogP) is 2.80. The summed E-state index contributed by atoms with van der Waals surface area (Å²) in [5.41, 5.74) is 0.258. The topological polar surface area (TPSA) is 40.5 Å². The number of fused-ring (bicyclic) bond motifs is 1. The van der Waals surface area contributed by atoms with Crippen molar-refractivity contribution in [3.8, 4) is 0 Å². The Bertz CT molecular complexity index is 528. The van der Waals surface area contributed by atoms with Crippen molar-refractivity contribution in [2.45, 2.75) is 33.3 Å². The number of benzene rings is 1. The molecule has 0 saturated carbocycles.